The summed E-state index contributed by atoms with van der Waals surface area (Å²) in [6.07, 6.45) is 8.04. The number of hydrogen-bond acceptors (Lipinski definition) is 5. The molecule has 19 heavy (non-hydrogen) atoms. The van der Waals surface area contributed by atoms with E-state index in [9.17, 15) is 0 Å². The van der Waals surface area contributed by atoms with Crippen molar-refractivity contribution in [3.05, 3.63) is 36.4 Å². The average Bonchev–Trinajstić information content (AvgIpc) is 2.96. The van der Waals surface area contributed by atoms with E-state index in [-0.39, 0.29) is 6.04 Å². The highest BCUT2D eigenvalue weighted by Crippen LogP contribution is 2.14. The molecule has 0 bridgehead atoms. The van der Waals surface area contributed by atoms with Gasteiger partial charge in [-0.15, -0.1) is 0 Å². The lowest BCUT2D eigenvalue weighted by atomic mass is 10.2. The Morgan fingerprint density at radius 1 is 1.47 bits per heavy atom. The first kappa shape index (κ1) is 13.9. The fourth-order valence-corrected chi connectivity index (χ4v) is 2.26. The van der Waals surface area contributed by atoms with Crippen LogP contribution in [0.2, 0.25) is 0 Å². The van der Waals surface area contributed by atoms with Crippen LogP contribution in [0.3, 0.4) is 0 Å². The number of nitrogens with one attached hydrogen (secondary N) is 1. The van der Waals surface area contributed by atoms with Crippen molar-refractivity contribution in [2.45, 2.75) is 24.5 Å². The van der Waals surface area contributed by atoms with Gasteiger partial charge in [0, 0.05) is 30.4 Å². The Hall–Kier alpha value is -1.53. The Labute approximate surface area is 117 Å². The van der Waals surface area contributed by atoms with Crippen molar-refractivity contribution in [3.8, 4) is 5.75 Å². The second kappa shape index (κ2) is 7.16. The molecule has 0 aliphatic heterocycles. The molecule has 0 aliphatic rings. The molecule has 0 unspecified atom stereocenters. The predicted octanol–water partition coefficient (Wildman–Crippen LogP) is 1.87. The smallest absolute Gasteiger partial charge is 0.165 e. The van der Waals surface area contributed by atoms with Crippen molar-refractivity contribution >= 4 is 11.8 Å². The summed E-state index contributed by atoms with van der Waals surface area (Å²) >= 11 is 1.59. The quantitative estimate of drug-likeness (QED) is 0.756. The Bertz CT molecular complexity index is 489. The lowest BCUT2D eigenvalue weighted by Crippen LogP contribution is -2.30. The van der Waals surface area contributed by atoms with Crippen LogP contribution >= 0.6 is 11.8 Å². The molecule has 0 saturated heterocycles. The number of imidazole rings is 1. The lowest BCUT2D eigenvalue weighted by Gasteiger charge is -2.12. The molecule has 0 aromatic carbocycles. The minimum atomic E-state index is -0.0413. The summed E-state index contributed by atoms with van der Waals surface area (Å²) < 4.78 is 5.65. The summed E-state index contributed by atoms with van der Waals surface area (Å²) in [6.45, 7) is 2.56. The summed E-state index contributed by atoms with van der Waals surface area (Å²) in [7, 11) is 0. The maximum Gasteiger partial charge on any atom is 0.165 e. The van der Waals surface area contributed by atoms with Gasteiger partial charge in [-0.05, 0) is 18.1 Å². The number of H-pyrrole nitrogens is 1. The Morgan fingerprint density at radius 3 is 3.11 bits per heavy atom. The molecule has 1 atom stereocenters. The number of nitrogens with two attached hydrogens (primary N) is 1. The summed E-state index contributed by atoms with van der Waals surface area (Å²) in [5, 5.41) is 0.880. The summed E-state index contributed by atoms with van der Waals surface area (Å²) in [4.78, 5) is 11.3. The number of ether oxygens (including phenoxy) is 1. The fourth-order valence-electron chi connectivity index (χ4n) is 1.50. The minimum Gasteiger partial charge on any atom is -0.490 e. The van der Waals surface area contributed by atoms with Gasteiger partial charge in [-0.2, -0.15) is 0 Å². The first-order chi connectivity index (χ1) is 9.28. The highest BCUT2D eigenvalue weighted by Gasteiger charge is 2.06. The molecule has 2 rings (SSSR count). The minimum absolute atomic E-state index is 0.0413. The lowest BCUT2D eigenvalue weighted by molar-refractivity contribution is 0.296. The molecule has 0 radical (unpaired) electrons. The van der Waals surface area contributed by atoms with Crippen LogP contribution in [0.1, 0.15) is 12.5 Å². The Morgan fingerprint density at radius 2 is 2.37 bits per heavy atom. The maximum absolute atomic E-state index is 6.00. The van der Waals surface area contributed by atoms with E-state index < -0.39 is 0 Å². The van der Waals surface area contributed by atoms with Crippen molar-refractivity contribution in [1.82, 2.24) is 15.0 Å². The third-order valence-corrected chi connectivity index (χ3v) is 3.64. The number of hydrogen-bond donors (Lipinski definition) is 2. The zero-order valence-corrected chi connectivity index (χ0v) is 11.7. The van der Waals surface area contributed by atoms with E-state index >= 15 is 0 Å². The van der Waals surface area contributed by atoms with Crippen LogP contribution in [0.4, 0.5) is 0 Å². The standard InChI is InChI=1S/C13H18N4OS/c1-2-10-5-12(7-15-6-10)18-8-11(14)9-19-13-16-3-4-17-13/h3-7,11H,2,8-9,14H2,1H3,(H,16,17)/t11-/m1/s1. The molecule has 2 aromatic heterocycles. The van der Waals surface area contributed by atoms with Crippen molar-refractivity contribution in [3.63, 3.8) is 0 Å². The van der Waals surface area contributed by atoms with Gasteiger partial charge in [0.2, 0.25) is 0 Å². The molecule has 2 aromatic rings. The molecule has 5 nitrogen and oxygen atoms in total. The fraction of sp³-hybridized carbons (Fsp3) is 0.385. The molecule has 0 aliphatic carbocycles. The Kier molecular flexibility index (Phi) is 5.23. The molecule has 2 heterocycles. The van der Waals surface area contributed by atoms with Gasteiger partial charge < -0.3 is 15.5 Å². The maximum atomic E-state index is 6.00. The zero-order chi connectivity index (χ0) is 13.5. The topological polar surface area (TPSA) is 76.8 Å². The summed E-state index contributed by atoms with van der Waals surface area (Å²) in [6, 6.07) is 1.96. The Balaban J connectivity index is 1.74. The van der Waals surface area contributed by atoms with E-state index in [0.717, 1.165) is 28.6 Å². The normalized spacial score (nSPS) is 12.3. The summed E-state index contributed by atoms with van der Waals surface area (Å²) in [5.74, 6) is 1.53. The molecule has 0 spiro atoms. The van der Waals surface area contributed by atoms with Crippen LogP contribution in [-0.2, 0) is 6.42 Å². The molecule has 6 heteroatoms. The van der Waals surface area contributed by atoms with Crippen LogP contribution in [0.25, 0.3) is 0 Å². The third-order valence-electron chi connectivity index (χ3n) is 2.55. The number of nitrogens with zero attached hydrogens (tertiary/aromatic N) is 2. The van der Waals surface area contributed by atoms with E-state index in [1.54, 1.807) is 30.4 Å². The molecule has 102 valence electrons. The van der Waals surface area contributed by atoms with Gasteiger partial charge in [-0.3, -0.25) is 4.98 Å². The van der Waals surface area contributed by atoms with Crippen LogP contribution < -0.4 is 10.5 Å². The number of thioether (sulfide) groups is 1. The largest absolute Gasteiger partial charge is 0.490 e. The number of aromatic amines is 1. The summed E-state index contributed by atoms with van der Waals surface area (Å²) in [5.41, 5.74) is 7.16. The first-order valence-electron chi connectivity index (χ1n) is 6.22. The van der Waals surface area contributed by atoms with Gasteiger partial charge in [0.15, 0.2) is 5.16 Å². The van der Waals surface area contributed by atoms with Crippen LogP contribution in [0.15, 0.2) is 36.0 Å². The van der Waals surface area contributed by atoms with E-state index in [1.165, 1.54) is 0 Å². The van der Waals surface area contributed by atoms with Gasteiger partial charge >= 0.3 is 0 Å². The van der Waals surface area contributed by atoms with Crippen molar-refractivity contribution < 1.29 is 4.74 Å². The van der Waals surface area contributed by atoms with Crippen LogP contribution in [-0.4, -0.2) is 33.4 Å². The van der Waals surface area contributed by atoms with Crippen molar-refractivity contribution in [1.29, 1.82) is 0 Å². The van der Waals surface area contributed by atoms with Gasteiger partial charge in [0.25, 0.3) is 0 Å². The van der Waals surface area contributed by atoms with E-state index in [2.05, 4.69) is 21.9 Å². The van der Waals surface area contributed by atoms with Crippen LogP contribution in [0.5, 0.6) is 5.75 Å². The second-order valence-corrected chi connectivity index (χ2v) is 5.17. The molecular formula is C13H18N4OS. The molecule has 0 amide bonds. The monoisotopic (exact) mass is 278 g/mol. The van der Waals surface area contributed by atoms with E-state index in [0.29, 0.717) is 6.61 Å². The number of rotatable bonds is 7. The predicted molar refractivity (Wildman–Crippen MR) is 76.4 cm³/mol. The van der Waals surface area contributed by atoms with Crippen molar-refractivity contribution in [2.75, 3.05) is 12.4 Å². The van der Waals surface area contributed by atoms with Crippen molar-refractivity contribution in [2.24, 2.45) is 5.73 Å². The average molecular weight is 278 g/mol. The zero-order valence-electron chi connectivity index (χ0n) is 10.9. The molecular weight excluding hydrogens is 260 g/mol. The molecule has 0 saturated carbocycles. The van der Waals surface area contributed by atoms with Gasteiger partial charge in [-0.25, -0.2) is 4.98 Å². The van der Waals surface area contributed by atoms with Gasteiger partial charge in [0.05, 0.1) is 6.20 Å². The van der Waals surface area contributed by atoms with Gasteiger partial charge in [0.1, 0.15) is 12.4 Å². The van der Waals surface area contributed by atoms with E-state index in [4.69, 9.17) is 10.5 Å². The number of pyridine rings is 1. The highest BCUT2D eigenvalue weighted by atomic mass is 32.2. The molecule has 3 N–H and O–H groups in total. The van der Waals surface area contributed by atoms with Gasteiger partial charge in [-0.1, -0.05) is 18.7 Å². The molecule has 0 fully saturated rings. The number of aryl methyl sites for hydroxylation is 1. The number of aromatic nitrogens is 3. The first-order valence-corrected chi connectivity index (χ1v) is 7.21. The van der Waals surface area contributed by atoms with E-state index in [1.807, 2.05) is 12.3 Å². The highest BCUT2D eigenvalue weighted by molar-refractivity contribution is 7.99. The van der Waals surface area contributed by atoms with Crippen LogP contribution in [0, 0.1) is 0 Å². The second-order valence-electron chi connectivity index (χ2n) is 4.16. The SMILES string of the molecule is CCc1cncc(OC[C@@H](N)CSc2ncc[nH]2)c1. The third kappa shape index (κ3) is 4.57.